The maximum absolute atomic E-state index is 12.4. The first kappa shape index (κ1) is 18.2. The number of benzene rings is 2. The first-order valence-electron chi connectivity index (χ1n) is 7.46. The molecule has 1 aromatic heterocycles. The van der Waals surface area contributed by atoms with Crippen LogP contribution in [0.3, 0.4) is 0 Å². The van der Waals surface area contributed by atoms with Gasteiger partial charge in [0.2, 0.25) is 0 Å². The Morgan fingerprint density at radius 3 is 2.27 bits per heavy atom. The molecule has 9 heteroatoms. The number of rotatable bonds is 5. The SMILES string of the molecule is COc1cc2nc(NC(=O)c3ccc(S(C)(=O)=O)cc3)sc2cc1OC. The quantitative estimate of drug-likeness (QED) is 0.717. The molecule has 0 spiro atoms. The minimum atomic E-state index is -3.30. The standard InChI is InChI=1S/C17H16N2O5S2/c1-23-13-8-12-15(9-14(13)24-2)25-17(18-12)19-16(20)10-4-6-11(7-5-10)26(3,21)22/h4-9H,1-3H3,(H,18,19,20). The molecule has 2 aromatic carbocycles. The van der Waals surface area contributed by atoms with Crippen LogP contribution in [0, 0.1) is 0 Å². The fraction of sp³-hybridized carbons (Fsp3) is 0.176. The zero-order chi connectivity index (χ0) is 18.9. The van der Waals surface area contributed by atoms with Crippen LogP contribution in [0.4, 0.5) is 5.13 Å². The van der Waals surface area contributed by atoms with E-state index >= 15 is 0 Å². The van der Waals surface area contributed by atoms with Crippen LogP contribution in [0.5, 0.6) is 11.5 Å². The van der Waals surface area contributed by atoms with Crippen LogP contribution < -0.4 is 14.8 Å². The van der Waals surface area contributed by atoms with Gasteiger partial charge < -0.3 is 9.47 Å². The first-order chi connectivity index (χ1) is 12.3. The molecule has 0 aliphatic carbocycles. The fourth-order valence-electron chi connectivity index (χ4n) is 2.33. The lowest BCUT2D eigenvalue weighted by atomic mass is 10.2. The number of hydrogen-bond acceptors (Lipinski definition) is 7. The van der Waals surface area contributed by atoms with Gasteiger partial charge in [0.1, 0.15) is 0 Å². The Hall–Kier alpha value is -2.65. The summed E-state index contributed by atoms with van der Waals surface area (Å²) in [6, 6.07) is 9.26. The van der Waals surface area contributed by atoms with E-state index < -0.39 is 9.84 Å². The predicted octanol–water partition coefficient (Wildman–Crippen LogP) is 2.97. The van der Waals surface area contributed by atoms with Crippen molar-refractivity contribution in [3.8, 4) is 11.5 Å². The second-order valence-electron chi connectivity index (χ2n) is 5.44. The highest BCUT2D eigenvalue weighted by Crippen LogP contribution is 2.36. The number of anilines is 1. The van der Waals surface area contributed by atoms with Crippen LogP contribution in [0.1, 0.15) is 10.4 Å². The lowest BCUT2D eigenvalue weighted by molar-refractivity contribution is 0.102. The van der Waals surface area contributed by atoms with E-state index in [4.69, 9.17) is 9.47 Å². The van der Waals surface area contributed by atoms with E-state index in [9.17, 15) is 13.2 Å². The van der Waals surface area contributed by atoms with Crippen molar-refractivity contribution >= 4 is 42.4 Å². The van der Waals surface area contributed by atoms with Crippen molar-refractivity contribution in [1.29, 1.82) is 0 Å². The highest BCUT2D eigenvalue weighted by atomic mass is 32.2. The molecule has 0 aliphatic heterocycles. The predicted molar refractivity (Wildman–Crippen MR) is 100 cm³/mol. The normalized spacial score (nSPS) is 11.3. The Labute approximate surface area is 154 Å². The summed E-state index contributed by atoms with van der Waals surface area (Å²) in [5.41, 5.74) is 1.02. The van der Waals surface area contributed by atoms with Crippen LogP contribution >= 0.6 is 11.3 Å². The van der Waals surface area contributed by atoms with Gasteiger partial charge in [-0.1, -0.05) is 11.3 Å². The van der Waals surface area contributed by atoms with Crippen LogP contribution in [0.25, 0.3) is 10.2 Å². The molecular formula is C17H16N2O5S2. The minimum absolute atomic E-state index is 0.160. The Morgan fingerprint density at radius 2 is 1.69 bits per heavy atom. The number of nitrogens with one attached hydrogen (secondary N) is 1. The van der Waals surface area contributed by atoms with Crippen molar-refractivity contribution in [2.24, 2.45) is 0 Å². The number of thiazole rings is 1. The molecule has 0 radical (unpaired) electrons. The third-order valence-electron chi connectivity index (χ3n) is 3.66. The van der Waals surface area contributed by atoms with Crippen molar-refractivity contribution in [2.45, 2.75) is 4.90 Å². The number of carbonyl (C=O) groups excluding carboxylic acids is 1. The van der Waals surface area contributed by atoms with Gasteiger partial charge in [0.25, 0.3) is 5.91 Å². The van der Waals surface area contributed by atoms with Gasteiger partial charge in [-0.3, -0.25) is 10.1 Å². The zero-order valence-electron chi connectivity index (χ0n) is 14.3. The number of aromatic nitrogens is 1. The zero-order valence-corrected chi connectivity index (χ0v) is 15.9. The first-order valence-corrected chi connectivity index (χ1v) is 10.2. The van der Waals surface area contributed by atoms with Gasteiger partial charge in [0, 0.05) is 24.0 Å². The number of hydrogen-bond donors (Lipinski definition) is 1. The number of ether oxygens (including phenoxy) is 2. The summed E-state index contributed by atoms with van der Waals surface area (Å²) < 4.78 is 34.3. The van der Waals surface area contributed by atoms with Crippen LogP contribution in [-0.2, 0) is 9.84 Å². The van der Waals surface area contributed by atoms with E-state index in [2.05, 4.69) is 10.3 Å². The highest BCUT2D eigenvalue weighted by Gasteiger charge is 2.14. The fourth-order valence-corrected chi connectivity index (χ4v) is 3.83. The molecule has 7 nitrogen and oxygen atoms in total. The molecule has 0 saturated heterocycles. The number of amides is 1. The van der Waals surface area contributed by atoms with Gasteiger partial charge in [-0.15, -0.1) is 0 Å². The molecule has 3 aromatic rings. The summed E-state index contributed by atoms with van der Waals surface area (Å²) in [5.74, 6) is 0.764. The summed E-state index contributed by atoms with van der Waals surface area (Å²) in [5, 5.41) is 3.14. The molecule has 1 N–H and O–H groups in total. The van der Waals surface area contributed by atoms with E-state index in [0.29, 0.717) is 27.7 Å². The van der Waals surface area contributed by atoms with E-state index in [1.807, 2.05) is 0 Å². The van der Waals surface area contributed by atoms with E-state index in [0.717, 1.165) is 11.0 Å². The average Bonchev–Trinajstić information content (AvgIpc) is 3.00. The Kier molecular flexibility index (Phi) is 4.84. The molecule has 1 amide bonds. The Morgan fingerprint density at radius 1 is 1.08 bits per heavy atom. The third kappa shape index (κ3) is 3.63. The van der Waals surface area contributed by atoms with Gasteiger partial charge in [-0.05, 0) is 24.3 Å². The second kappa shape index (κ2) is 6.93. The largest absolute Gasteiger partial charge is 0.493 e. The number of nitrogens with zero attached hydrogens (tertiary/aromatic N) is 1. The monoisotopic (exact) mass is 392 g/mol. The number of carbonyl (C=O) groups is 1. The van der Waals surface area contributed by atoms with E-state index in [1.165, 1.54) is 35.6 Å². The van der Waals surface area contributed by atoms with Crippen LogP contribution in [0.2, 0.25) is 0 Å². The highest BCUT2D eigenvalue weighted by molar-refractivity contribution is 7.90. The molecule has 136 valence electrons. The summed E-state index contributed by atoms with van der Waals surface area (Å²) in [6.45, 7) is 0. The van der Waals surface area contributed by atoms with Gasteiger partial charge in [0.05, 0.1) is 29.3 Å². The topological polar surface area (TPSA) is 94.6 Å². The summed E-state index contributed by atoms with van der Waals surface area (Å²) in [6.07, 6.45) is 1.12. The molecule has 0 saturated carbocycles. The molecule has 26 heavy (non-hydrogen) atoms. The van der Waals surface area contributed by atoms with E-state index in [-0.39, 0.29) is 10.8 Å². The summed E-state index contributed by atoms with van der Waals surface area (Å²) >= 11 is 1.30. The lowest BCUT2D eigenvalue weighted by Gasteiger charge is -2.05. The molecule has 0 unspecified atom stereocenters. The number of fused-ring (bicyclic) bond motifs is 1. The summed E-state index contributed by atoms with van der Waals surface area (Å²) in [7, 11) is -0.211. The van der Waals surface area contributed by atoms with Crippen molar-refractivity contribution in [3.63, 3.8) is 0 Å². The molecule has 0 bridgehead atoms. The van der Waals surface area contributed by atoms with Gasteiger partial charge in [-0.25, -0.2) is 13.4 Å². The molecule has 1 heterocycles. The van der Waals surface area contributed by atoms with Gasteiger partial charge in [-0.2, -0.15) is 0 Å². The maximum atomic E-state index is 12.4. The molecule has 0 fully saturated rings. The van der Waals surface area contributed by atoms with Crippen molar-refractivity contribution in [1.82, 2.24) is 4.98 Å². The molecule has 0 atom stereocenters. The summed E-state index contributed by atoms with van der Waals surface area (Å²) in [4.78, 5) is 16.9. The van der Waals surface area contributed by atoms with Crippen LogP contribution in [0.15, 0.2) is 41.3 Å². The maximum Gasteiger partial charge on any atom is 0.257 e. The average molecular weight is 392 g/mol. The van der Waals surface area contributed by atoms with E-state index in [1.54, 1.807) is 26.4 Å². The Balaban J connectivity index is 1.85. The second-order valence-corrected chi connectivity index (χ2v) is 8.49. The minimum Gasteiger partial charge on any atom is -0.493 e. The van der Waals surface area contributed by atoms with Gasteiger partial charge >= 0.3 is 0 Å². The smallest absolute Gasteiger partial charge is 0.257 e. The number of sulfone groups is 1. The molecule has 3 rings (SSSR count). The lowest BCUT2D eigenvalue weighted by Crippen LogP contribution is -2.11. The van der Waals surface area contributed by atoms with Crippen molar-refractivity contribution < 1.29 is 22.7 Å². The molecule has 0 aliphatic rings. The van der Waals surface area contributed by atoms with Gasteiger partial charge in [0.15, 0.2) is 26.5 Å². The third-order valence-corrected chi connectivity index (χ3v) is 5.72. The van der Waals surface area contributed by atoms with Crippen molar-refractivity contribution in [2.75, 3.05) is 25.8 Å². The Bertz CT molecular complexity index is 1030. The van der Waals surface area contributed by atoms with Crippen molar-refractivity contribution in [3.05, 3.63) is 42.0 Å². The molecular weight excluding hydrogens is 376 g/mol. The number of methoxy groups -OCH3 is 2. The van der Waals surface area contributed by atoms with Crippen LogP contribution in [-0.4, -0.2) is 39.8 Å².